The van der Waals surface area contributed by atoms with Crippen LogP contribution in [0.15, 0.2) is 77.8 Å². The molecule has 7 nitrogen and oxygen atoms in total. The summed E-state index contributed by atoms with van der Waals surface area (Å²) in [5, 5.41) is 9.20. The Labute approximate surface area is 231 Å². The van der Waals surface area contributed by atoms with Crippen molar-refractivity contribution in [3.63, 3.8) is 0 Å². The first kappa shape index (κ1) is 28.5. The number of benzene rings is 3. The standard InChI is InChI=1S/C26H19Cl2F3N2O5S/c1-15(16-5-3-2-4-6-16)32-13-22(25(36)26(29,30)31)21-12-19(7-8-23(21)32)33(14-24(34)35)39(37,38)20-10-17(27)9-18(28)11-20/h2-13,15H,14H2,1H3,(H,34,35). The molecule has 0 aliphatic carbocycles. The number of ketones is 1. The van der Waals surface area contributed by atoms with Crippen LogP contribution >= 0.6 is 23.2 Å². The average molecular weight is 599 g/mol. The molecule has 3 aromatic carbocycles. The minimum atomic E-state index is -5.21. The largest absolute Gasteiger partial charge is 0.480 e. The van der Waals surface area contributed by atoms with Gasteiger partial charge in [-0.15, -0.1) is 0 Å². The second kappa shape index (κ2) is 10.6. The molecule has 0 saturated heterocycles. The Morgan fingerprint density at radius 2 is 1.62 bits per heavy atom. The Bertz CT molecular complexity index is 1670. The van der Waals surface area contributed by atoms with Gasteiger partial charge in [-0.25, -0.2) is 8.42 Å². The zero-order chi connectivity index (χ0) is 28.7. The van der Waals surface area contributed by atoms with E-state index in [0.29, 0.717) is 4.31 Å². The first-order chi connectivity index (χ1) is 18.2. The summed E-state index contributed by atoms with van der Waals surface area (Å²) in [5.74, 6) is -3.66. The summed E-state index contributed by atoms with van der Waals surface area (Å²) in [6, 6.07) is 15.4. The second-order valence-electron chi connectivity index (χ2n) is 8.58. The molecule has 0 fully saturated rings. The highest BCUT2D eigenvalue weighted by atomic mass is 35.5. The molecular weight excluding hydrogens is 580 g/mol. The summed E-state index contributed by atoms with van der Waals surface area (Å²) in [7, 11) is -4.61. The van der Waals surface area contributed by atoms with E-state index < -0.39 is 51.0 Å². The first-order valence-corrected chi connectivity index (χ1v) is 13.4. The van der Waals surface area contributed by atoms with E-state index in [0.717, 1.165) is 30.0 Å². The van der Waals surface area contributed by atoms with Gasteiger partial charge in [0.1, 0.15) is 6.54 Å². The van der Waals surface area contributed by atoms with Crippen LogP contribution in [-0.2, 0) is 14.8 Å². The molecular formula is C26H19Cl2F3N2O5S. The number of hydrogen-bond acceptors (Lipinski definition) is 4. The minimum Gasteiger partial charge on any atom is -0.480 e. The lowest BCUT2D eigenvalue weighted by Gasteiger charge is -2.23. The highest BCUT2D eigenvalue weighted by Gasteiger charge is 2.41. The number of carbonyl (C=O) groups is 2. The number of fused-ring (bicyclic) bond motifs is 1. The van der Waals surface area contributed by atoms with E-state index in [4.69, 9.17) is 23.2 Å². The molecule has 39 heavy (non-hydrogen) atoms. The number of nitrogens with zero attached hydrogens (tertiary/aromatic N) is 2. The van der Waals surface area contributed by atoms with E-state index in [9.17, 15) is 36.3 Å². The van der Waals surface area contributed by atoms with Gasteiger partial charge in [-0.05, 0) is 48.9 Å². The van der Waals surface area contributed by atoms with Crippen LogP contribution in [0.3, 0.4) is 0 Å². The summed E-state index contributed by atoms with van der Waals surface area (Å²) < 4.78 is 69.6. The molecule has 4 rings (SSSR count). The molecule has 1 atom stereocenters. The molecule has 0 radical (unpaired) electrons. The second-order valence-corrected chi connectivity index (χ2v) is 11.3. The Morgan fingerprint density at radius 3 is 2.18 bits per heavy atom. The Morgan fingerprint density at radius 1 is 1.00 bits per heavy atom. The molecule has 0 aliphatic heterocycles. The van der Waals surface area contributed by atoms with Gasteiger partial charge >= 0.3 is 12.1 Å². The van der Waals surface area contributed by atoms with Crippen LogP contribution in [0.1, 0.15) is 28.9 Å². The Balaban J connectivity index is 1.95. The molecule has 1 aromatic heterocycles. The van der Waals surface area contributed by atoms with Crippen molar-refractivity contribution in [3.8, 4) is 0 Å². The number of carbonyl (C=O) groups excluding carboxylic acids is 1. The average Bonchev–Trinajstić information content (AvgIpc) is 3.24. The number of Topliss-reactive ketones (excluding diaryl/α,β-unsaturated/α-hetero) is 1. The smallest absolute Gasteiger partial charge is 0.454 e. The Kier molecular flexibility index (Phi) is 7.70. The highest BCUT2D eigenvalue weighted by molar-refractivity contribution is 7.92. The highest BCUT2D eigenvalue weighted by Crippen LogP contribution is 2.36. The third-order valence-corrected chi connectivity index (χ3v) is 8.20. The van der Waals surface area contributed by atoms with Crippen molar-refractivity contribution in [2.24, 2.45) is 0 Å². The SMILES string of the molecule is CC(c1ccccc1)n1cc(C(=O)C(F)(F)F)c2cc(N(CC(=O)O)S(=O)(=O)c3cc(Cl)cc(Cl)c3)ccc21. The fourth-order valence-electron chi connectivity index (χ4n) is 4.19. The molecule has 13 heteroatoms. The number of rotatable bonds is 8. The fraction of sp³-hybridized carbons (Fsp3) is 0.154. The van der Waals surface area contributed by atoms with Crippen molar-refractivity contribution in [2.75, 3.05) is 10.8 Å². The van der Waals surface area contributed by atoms with Crippen LogP contribution in [0, 0.1) is 0 Å². The van der Waals surface area contributed by atoms with Gasteiger partial charge in [0.15, 0.2) is 0 Å². The van der Waals surface area contributed by atoms with Gasteiger partial charge in [-0.1, -0.05) is 53.5 Å². The predicted octanol–water partition coefficient (Wildman–Crippen LogP) is 6.58. The number of aliphatic carboxylic acids is 1. The van der Waals surface area contributed by atoms with Crippen molar-refractivity contribution in [1.29, 1.82) is 0 Å². The van der Waals surface area contributed by atoms with E-state index in [1.54, 1.807) is 37.3 Å². The third-order valence-electron chi connectivity index (χ3n) is 6.01. The van der Waals surface area contributed by atoms with E-state index in [-0.39, 0.29) is 26.6 Å². The number of aromatic nitrogens is 1. The van der Waals surface area contributed by atoms with Crippen molar-refractivity contribution >= 4 is 61.6 Å². The molecule has 4 aromatic rings. The van der Waals surface area contributed by atoms with E-state index in [2.05, 4.69) is 0 Å². The van der Waals surface area contributed by atoms with Crippen LogP contribution in [-0.4, -0.2) is 42.6 Å². The van der Waals surface area contributed by atoms with E-state index in [1.807, 2.05) is 0 Å². The van der Waals surface area contributed by atoms with Crippen LogP contribution < -0.4 is 4.31 Å². The summed E-state index contributed by atoms with van der Waals surface area (Å²) in [6.07, 6.45) is -4.15. The third kappa shape index (κ3) is 5.75. The molecule has 0 amide bonds. The van der Waals surface area contributed by atoms with Crippen LogP contribution in [0.2, 0.25) is 10.0 Å². The maximum absolute atomic E-state index is 13.5. The predicted molar refractivity (Wildman–Crippen MR) is 141 cm³/mol. The van der Waals surface area contributed by atoms with Gasteiger partial charge in [0, 0.05) is 27.1 Å². The van der Waals surface area contributed by atoms with Gasteiger partial charge in [0.25, 0.3) is 15.8 Å². The van der Waals surface area contributed by atoms with Crippen molar-refractivity contribution < 1.29 is 36.3 Å². The monoisotopic (exact) mass is 598 g/mol. The van der Waals surface area contributed by atoms with Crippen molar-refractivity contribution in [3.05, 3.63) is 94.1 Å². The maximum atomic E-state index is 13.5. The van der Waals surface area contributed by atoms with Crippen LogP contribution in [0.25, 0.3) is 10.9 Å². The van der Waals surface area contributed by atoms with Gasteiger partial charge < -0.3 is 9.67 Å². The molecule has 1 unspecified atom stereocenters. The van der Waals surface area contributed by atoms with Crippen LogP contribution in [0.5, 0.6) is 0 Å². The summed E-state index contributed by atoms with van der Waals surface area (Å²) in [4.78, 5) is 23.6. The Hall–Kier alpha value is -3.54. The number of sulfonamides is 1. The van der Waals surface area contributed by atoms with Gasteiger partial charge in [-0.2, -0.15) is 13.2 Å². The number of carboxylic acids is 1. The normalized spacial score (nSPS) is 12.9. The summed E-state index contributed by atoms with van der Waals surface area (Å²) in [5.41, 5.74) is -0.0264. The van der Waals surface area contributed by atoms with Gasteiger partial charge in [0.2, 0.25) is 0 Å². The maximum Gasteiger partial charge on any atom is 0.454 e. The molecule has 0 saturated carbocycles. The van der Waals surface area contributed by atoms with E-state index in [1.165, 1.54) is 22.8 Å². The van der Waals surface area contributed by atoms with Crippen molar-refractivity contribution in [2.45, 2.75) is 24.0 Å². The molecule has 204 valence electrons. The van der Waals surface area contributed by atoms with Gasteiger partial charge in [0.05, 0.1) is 22.2 Å². The molecule has 0 bridgehead atoms. The topological polar surface area (TPSA) is 96.7 Å². The molecule has 0 aliphatic rings. The molecule has 0 spiro atoms. The van der Waals surface area contributed by atoms with Gasteiger partial charge in [-0.3, -0.25) is 13.9 Å². The fourth-order valence-corrected chi connectivity index (χ4v) is 6.32. The lowest BCUT2D eigenvalue weighted by molar-refractivity contribution is -0.135. The number of halogens is 5. The zero-order valence-electron chi connectivity index (χ0n) is 20.0. The lowest BCUT2D eigenvalue weighted by atomic mass is 10.1. The number of anilines is 1. The number of carboxylic acid groups (broad SMARTS) is 1. The molecule has 1 heterocycles. The molecule has 1 N–H and O–H groups in total. The minimum absolute atomic E-state index is 0.0307. The quantitative estimate of drug-likeness (QED) is 0.231. The van der Waals surface area contributed by atoms with Crippen molar-refractivity contribution in [1.82, 2.24) is 4.57 Å². The number of alkyl halides is 3. The first-order valence-electron chi connectivity index (χ1n) is 11.2. The number of hydrogen-bond donors (Lipinski definition) is 1. The lowest BCUT2D eigenvalue weighted by Crippen LogP contribution is -2.35. The van der Waals surface area contributed by atoms with Crippen LogP contribution in [0.4, 0.5) is 18.9 Å². The summed E-state index contributed by atoms with van der Waals surface area (Å²) >= 11 is 11.9. The van der Waals surface area contributed by atoms with E-state index >= 15 is 0 Å². The zero-order valence-corrected chi connectivity index (χ0v) is 22.3. The summed E-state index contributed by atoms with van der Waals surface area (Å²) in [6.45, 7) is 0.663.